The first-order valence-corrected chi connectivity index (χ1v) is 12.7. The van der Waals surface area contributed by atoms with Crippen molar-refractivity contribution in [3.05, 3.63) is 70.8 Å². The number of hydrogen-bond donors (Lipinski definition) is 3. The number of benzene rings is 2. The van der Waals surface area contributed by atoms with Gasteiger partial charge in [0.15, 0.2) is 11.6 Å². The van der Waals surface area contributed by atoms with Gasteiger partial charge < -0.3 is 20.9 Å². The number of rotatable bonds is 6. The monoisotopic (exact) mass is 521 g/mol. The predicted molar refractivity (Wildman–Crippen MR) is 146 cm³/mol. The summed E-state index contributed by atoms with van der Waals surface area (Å²) >= 11 is 6.20. The van der Waals surface area contributed by atoms with Gasteiger partial charge in [0.05, 0.1) is 40.8 Å². The zero-order chi connectivity index (χ0) is 26.1. The fraction of sp³-hybridized carbons (Fsp3) is 0.286. The van der Waals surface area contributed by atoms with Crippen molar-refractivity contribution in [1.82, 2.24) is 9.61 Å². The molecule has 2 heterocycles. The van der Waals surface area contributed by atoms with Crippen LogP contribution < -0.4 is 15.8 Å². The number of aliphatic imine (C=N–C) groups is 1. The van der Waals surface area contributed by atoms with Gasteiger partial charge in [-0.25, -0.2) is 13.9 Å². The lowest BCUT2D eigenvalue weighted by molar-refractivity contribution is 0.414. The number of nitrogens with two attached hydrogens (primary N) is 1. The van der Waals surface area contributed by atoms with Gasteiger partial charge in [-0.15, -0.1) is 0 Å². The van der Waals surface area contributed by atoms with E-state index in [1.165, 1.54) is 6.42 Å². The number of phenols is 1. The summed E-state index contributed by atoms with van der Waals surface area (Å²) < 4.78 is 21.2. The predicted octanol–water partition coefficient (Wildman–Crippen LogP) is 6.60. The van der Waals surface area contributed by atoms with Crippen LogP contribution in [-0.4, -0.2) is 33.7 Å². The van der Waals surface area contributed by atoms with Crippen LogP contribution in [0.15, 0.2) is 53.8 Å². The molecule has 1 saturated carbocycles. The highest BCUT2D eigenvalue weighted by Gasteiger charge is 2.20. The van der Waals surface area contributed by atoms with Gasteiger partial charge in [0.25, 0.3) is 0 Å². The van der Waals surface area contributed by atoms with Crippen LogP contribution in [0, 0.1) is 12.7 Å². The minimum Gasteiger partial charge on any atom is -0.505 e. The van der Waals surface area contributed by atoms with Crippen LogP contribution in [0.4, 0.5) is 15.8 Å². The van der Waals surface area contributed by atoms with Gasteiger partial charge in [0, 0.05) is 29.9 Å². The Kier molecular flexibility index (Phi) is 6.93. The van der Waals surface area contributed by atoms with Crippen molar-refractivity contribution >= 4 is 34.3 Å². The maximum atomic E-state index is 14.0. The van der Waals surface area contributed by atoms with E-state index in [9.17, 15) is 9.50 Å². The second-order valence-corrected chi connectivity index (χ2v) is 9.81. The van der Waals surface area contributed by atoms with Crippen molar-refractivity contribution < 1.29 is 14.2 Å². The fourth-order valence-electron chi connectivity index (χ4n) is 4.89. The average Bonchev–Trinajstić information content (AvgIpc) is 3.32. The second-order valence-electron chi connectivity index (χ2n) is 9.40. The third-order valence-electron chi connectivity index (χ3n) is 6.87. The molecule has 1 fully saturated rings. The lowest BCUT2D eigenvalue weighted by Crippen LogP contribution is -2.25. The van der Waals surface area contributed by atoms with E-state index in [1.54, 1.807) is 13.3 Å². The number of phenolic OH excluding ortho intramolecular Hbond substituents is 1. The molecule has 0 radical (unpaired) electrons. The molecule has 1 aliphatic carbocycles. The Labute approximate surface area is 219 Å². The summed E-state index contributed by atoms with van der Waals surface area (Å²) in [6.45, 7) is 2.05. The highest BCUT2D eigenvalue weighted by Crippen LogP contribution is 2.35. The summed E-state index contributed by atoms with van der Waals surface area (Å²) in [5.74, 6) is -0.418. The average molecular weight is 522 g/mol. The van der Waals surface area contributed by atoms with Gasteiger partial charge in [0.1, 0.15) is 11.6 Å². The first-order valence-electron chi connectivity index (χ1n) is 12.3. The normalized spacial score (nSPS) is 14.8. The number of aromatic nitrogens is 2. The zero-order valence-corrected chi connectivity index (χ0v) is 21.5. The standard InChI is InChI=1S/C28H29ClFN5O2/c1-16-10-19(37-2)8-9-20(16)17-11-25-27(33-18-6-4-3-5-7-18)21(14-32-35(25)15-17)28(31)34-24-13-23(30)26(36)12-22(24)29/h8-15,18,33,36H,3-7H2,1-2H3,(H2,31,34). The Morgan fingerprint density at radius 3 is 2.73 bits per heavy atom. The third kappa shape index (κ3) is 5.06. The summed E-state index contributed by atoms with van der Waals surface area (Å²) in [5.41, 5.74) is 12.0. The molecule has 0 spiro atoms. The highest BCUT2D eigenvalue weighted by molar-refractivity contribution is 6.33. The molecule has 0 aliphatic heterocycles. The number of aromatic hydroxyl groups is 1. The second kappa shape index (κ2) is 10.3. The molecular formula is C28H29ClFN5O2. The summed E-state index contributed by atoms with van der Waals surface area (Å²) in [6, 6.07) is 10.5. The number of nitrogens with zero attached hydrogens (tertiary/aromatic N) is 3. The summed E-state index contributed by atoms with van der Waals surface area (Å²) in [7, 11) is 1.65. The molecule has 0 atom stereocenters. The van der Waals surface area contributed by atoms with E-state index in [0.29, 0.717) is 11.6 Å². The molecule has 4 aromatic rings. The van der Waals surface area contributed by atoms with Gasteiger partial charge in [-0.1, -0.05) is 36.9 Å². The SMILES string of the molecule is COc1ccc(-c2cc3c(NC4CCCCC4)c(C(N)=Nc4cc(F)c(O)cc4Cl)cnn3c2)c(C)c1. The van der Waals surface area contributed by atoms with Gasteiger partial charge in [0.2, 0.25) is 0 Å². The third-order valence-corrected chi connectivity index (χ3v) is 7.17. The Hall–Kier alpha value is -3.78. The number of nitrogens with one attached hydrogen (secondary N) is 1. The number of methoxy groups -OCH3 is 1. The number of fused-ring (bicyclic) bond motifs is 1. The van der Waals surface area contributed by atoms with Crippen LogP contribution in [0.25, 0.3) is 16.6 Å². The summed E-state index contributed by atoms with van der Waals surface area (Å²) in [6.07, 6.45) is 9.33. The minimum atomic E-state index is -0.823. The molecule has 0 saturated heterocycles. The van der Waals surface area contributed by atoms with Crippen LogP contribution in [-0.2, 0) is 0 Å². The number of anilines is 1. The van der Waals surface area contributed by atoms with Crippen molar-refractivity contribution in [2.24, 2.45) is 10.7 Å². The lowest BCUT2D eigenvalue weighted by Gasteiger charge is -2.25. The van der Waals surface area contributed by atoms with Crippen molar-refractivity contribution in [1.29, 1.82) is 0 Å². The largest absolute Gasteiger partial charge is 0.505 e. The van der Waals surface area contributed by atoms with Gasteiger partial charge in [-0.3, -0.25) is 0 Å². The van der Waals surface area contributed by atoms with E-state index >= 15 is 0 Å². The maximum absolute atomic E-state index is 14.0. The molecule has 2 aromatic heterocycles. The molecule has 37 heavy (non-hydrogen) atoms. The van der Waals surface area contributed by atoms with E-state index in [1.807, 2.05) is 35.8 Å². The van der Waals surface area contributed by atoms with Crippen LogP contribution in [0.3, 0.4) is 0 Å². The summed E-state index contributed by atoms with van der Waals surface area (Å²) in [4.78, 5) is 4.40. The molecular weight excluding hydrogens is 493 g/mol. The van der Waals surface area contributed by atoms with Crippen molar-refractivity contribution in [2.45, 2.75) is 45.1 Å². The quantitative estimate of drug-likeness (QED) is 0.196. The number of hydrogen-bond acceptors (Lipinski definition) is 5. The van der Waals surface area contributed by atoms with E-state index < -0.39 is 11.6 Å². The molecule has 0 bridgehead atoms. The molecule has 9 heteroatoms. The smallest absolute Gasteiger partial charge is 0.167 e. The molecule has 0 unspecified atom stereocenters. The van der Waals surface area contributed by atoms with Gasteiger partial charge in [-0.05, 0) is 49.1 Å². The fourth-order valence-corrected chi connectivity index (χ4v) is 5.09. The van der Waals surface area contributed by atoms with Crippen molar-refractivity contribution in [2.75, 3.05) is 12.4 Å². The molecule has 192 valence electrons. The van der Waals surface area contributed by atoms with E-state index in [0.717, 1.165) is 71.5 Å². The molecule has 5 rings (SSSR count). The van der Waals surface area contributed by atoms with E-state index in [4.69, 9.17) is 22.1 Å². The topological polar surface area (TPSA) is 97.2 Å². The van der Waals surface area contributed by atoms with Gasteiger partial charge >= 0.3 is 0 Å². The number of ether oxygens (including phenoxy) is 1. The van der Waals surface area contributed by atoms with E-state index in [-0.39, 0.29) is 16.5 Å². The van der Waals surface area contributed by atoms with E-state index in [2.05, 4.69) is 21.5 Å². The maximum Gasteiger partial charge on any atom is 0.167 e. The minimum absolute atomic E-state index is 0.0950. The molecule has 2 aromatic carbocycles. The Morgan fingerprint density at radius 1 is 1.22 bits per heavy atom. The molecule has 4 N–H and O–H groups in total. The lowest BCUT2D eigenvalue weighted by atomic mass is 9.95. The first-order chi connectivity index (χ1) is 17.8. The van der Waals surface area contributed by atoms with Crippen molar-refractivity contribution in [3.63, 3.8) is 0 Å². The highest BCUT2D eigenvalue weighted by atomic mass is 35.5. The van der Waals surface area contributed by atoms with Crippen molar-refractivity contribution in [3.8, 4) is 22.6 Å². The van der Waals surface area contributed by atoms with Crippen LogP contribution >= 0.6 is 11.6 Å². The first kappa shape index (κ1) is 24.9. The Morgan fingerprint density at radius 2 is 2.00 bits per heavy atom. The zero-order valence-electron chi connectivity index (χ0n) is 20.8. The van der Waals surface area contributed by atoms with Crippen LogP contribution in [0.2, 0.25) is 5.02 Å². The Balaban J connectivity index is 1.63. The van der Waals surface area contributed by atoms with Gasteiger partial charge in [-0.2, -0.15) is 5.10 Å². The molecule has 1 aliphatic rings. The molecule has 7 nitrogen and oxygen atoms in total. The number of aryl methyl sites for hydroxylation is 1. The number of amidine groups is 1. The van der Waals surface area contributed by atoms with Crippen LogP contribution in [0.1, 0.15) is 43.2 Å². The van der Waals surface area contributed by atoms with Crippen LogP contribution in [0.5, 0.6) is 11.5 Å². The molecule has 0 amide bonds. The number of halogens is 2. The Bertz CT molecular complexity index is 1490. The summed E-state index contributed by atoms with van der Waals surface area (Å²) in [5, 5.41) is 18.0.